The summed E-state index contributed by atoms with van der Waals surface area (Å²) < 4.78 is 6.08. The van der Waals surface area contributed by atoms with E-state index in [9.17, 15) is 9.90 Å². The lowest BCUT2D eigenvalue weighted by Crippen LogP contribution is -2.35. The highest BCUT2D eigenvalue weighted by Gasteiger charge is 2.27. The highest BCUT2D eigenvalue weighted by molar-refractivity contribution is 7.99. The summed E-state index contributed by atoms with van der Waals surface area (Å²) in [6.45, 7) is 3.88. The monoisotopic (exact) mass is 473 g/mol. The Morgan fingerprint density at radius 1 is 0.971 bits per heavy atom. The summed E-state index contributed by atoms with van der Waals surface area (Å²) >= 11 is 1.90. The molecule has 3 aromatic rings. The summed E-state index contributed by atoms with van der Waals surface area (Å²) in [5.41, 5.74) is 5.14. The van der Waals surface area contributed by atoms with Gasteiger partial charge < -0.3 is 14.7 Å². The van der Waals surface area contributed by atoms with Gasteiger partial charge in [0.05, 0.1) is 10.8 Å². The number of hydrogen-bond acceptors (Lipinski definition) is 4. The van der Waals surface area contributed by atoms with Gasteiger partial charge >= 0.3 is 5.97 Å². The number of fused-ring (bicyclic) bond motifs is 2. The second-order valence-corrected chi connectivity index (χ2v) is 10.5. The Hall–Kier alpha value is -2.76. The normalized spacial score (nSPS) is 18.4. The van der Waals surface area contributed by atoms with Gasteiger partial charge in [-0.25, -0.2) is 4.79 Å². The number of ether oxygens (including phenoxy) is 1. The molecule has 0 aromatic heterocycles. The number of aromatic carboxylic acids is 1. The number of thioether (sulfide) groups is 1. The molecule has 0 unspecified atom stereocenters. The second kappa shape index (κ2) is 10.7. The van der Waals surface area contributed by atoms with Gasteiger partial charge in [-0.1, -0.05) is 54.6 Å². The van der Waals surface area contributed by atoms with Gasteiger partial charge in [0.2, 0.25) is 0 Å². The molecule has 0 spiro atoms. The Labute approximate surface area is 206 Å². The van der Waals surface area contributed by atoms with Crippen molar-refractivity contribution >= 4 is 17.7 Å². The lowest BCUT2D eigenvalue weighted by atomic mass is 9.90. The van der Waals surface area contributed by atoms with Gasteiger partial charge in [0, 0.05) is 17.9 Å². The third-order valence-corrected chi connectivity index (χ3v) is 8.29. The van der Waals surface area contributed by atoms with Gasteiger partial charge in [-0.3, -0.25) is 0 Å². The third-order valence-electron chi connectivity index (χ3n) is 7.03. The number of nitrogens with zero attached hydrogens (tertiary/aromatic N) is 1. The van der Waals surface area contributed by atoms with E-state index in [1.807, 2.05) is 23.9 Å². The molecule has 34 heavy (non-hydrogen) atoms. The van der Waals surface area contributed by atoms with E-state index in [1.165, 1.54) is 36.0 Å². The van der Waals surface area contributed by atoms with Crippen LogP contribution < -0.4 is 4.74 Å². The van der Waals surface area contributed by atoms with Crippen molar-refractivity contribution in [2.75, 3.05) is 25.4 Å². The number of likely N-dealkylation sites (tertiary alicyclic amines) is 1. The summed E-state index contributed by atoms with van der Waals surface area (Å²) in [5, 5.41) is 9.62. The quantitative estimate of drug-likeness (QED) is 0.452. The second-order valence-electron chi connectivity index (χ2n) is 9.27. The average Bonchev–Trinajstić information content (AvgIpc) is 3.02. The molecule has 5 rings (SSSR count). The van der Waals surface area contributed by atoms with E-state index < -0.39 is 5.97 Å². The zero-order chi connectivity index (χ0) is 23.3. The van der Waals surface area contributed by atoms with Crippen molar-refractivity contribution in [3.05, 3.63) is 101 Å². The molecule has 1 fully saturated rings. The smallest absolute Gasteiger partial charge is 0.335 e. The standard InChI is InChI=1S/C29H31NO3S/c31-29(32)23-10-11-27-26(19-23)28(25-9-5-4-8-24(25)20-33-27)34-17-16-30-14-12-22(13-15-30)18-21-6-2-1-3-7-21/h1-11,19,22,28H,12-18,20H2,(H,31,32)/t28-/m0/s1. The van der Waals surface area contributed by atoms with Gasteiger partial charge in [-0.2, -0.15) is 0 Å². The maximum Gasteiger partial charge on any atom is 0.335 e. The van der Waals surface area contributed by atoms with E-state index in [0.29, 0.717) is 12.2 Å². The minimum Gasteiger partial charge on any atom is -0.489 e. The highest BCUT2D eigenvalue weighted by Crippen LogP contribution is 2.44. The van der Waals surface area contributed by atoms with Crippen LogP contribution in [0.15, 0.2) is 72.8 Å². The zero-order valence-electron chi connectivity index (χ0n) is 19.4. The maximum absolute atomic E-state index is 11.6. The maximum atomic E-state index is 11.6. The summed E-state index contributed by atoms with van der Waals surface area (Å²) in [6.07, 6.45) is 3.69. The molecule has 176 valence electrons. The van der Waals surface area contributed by atoms with Crippen LogP contribution in [0.3, 0.4) is 0 Å². The van der Waals surface area contributed by atoms with Crippen molar-refractivity contribution in [1.29, 1.82) is 0 Å². The summed E-state index contributed by atoms with van der Waals surface area (Å²) in [7, 11) is 0. The minimum atomic E-state index is -0.901. The molecule has 0 bridgehead atoms. The van der Waals surface area contributed by atoms with Crippen molar-refractivity contribution in [1.82, 2.24) is 4.90 Å². The molecule has 0 radical (unpaired) electrons. The van der Waals surface area contributed by atoms with Crippen LogP contribution in [0.1, 0.15) is 50.7 Å². The van der Waals surface area contributed by atoms with Crippen molar-refractivity contribution in [2.24, 2.45) is 5.92 Å². The molecule has 0 saturated carbocycles. The highest BCUT2D eigenvalue weighted by atomic mass is 32.2. The molecule has 5 heteroatoms. The molecule has 1 atom stereocenters. The van der Waals surface area contributed by atoms with Crippen LogP contribution in [0.4, 0.5) is 0 Å². The van der Waals surface area contributed by atoms with E-state index >= 15 is 0 Å². The first-order valence-corrected chi connectivity index (χ1v) is 13.2. The summed E-state index contributed by atoms with van der Waals surface area (Å²) in [4.78, 5) is 14.2. The van der Waals surface area contributed by atoms with Crippen LogP contribution in [0.25, 0.3) is 0 Å². The predicted octanol–water partition coefficient (Wildman–Crippen LogP) is 6.05. The first kappa shape index (κ1) is 23.0. The van der Waals surface area contributed by atoms with E-state index in [2.05, 4.69) is 53.4 Å². The molecule has 2 aliphatic heterocycles. The lowest BCUT2D eigenvalue weighted by molar-refractivity contribution is 0.0696. The predicted molar refractivity (Wildman–Crippen MR) is 138 cm³/mol. The minimum absolute atomic E-state index is 0.0728. The third kappa shape index (κ3) is 5.31. The van der Waals surface area contributed by atoms with Crippen LogP contribution in [0, 0.1) is 5.92 Å². The van der Waals surface area contributed by atoms with Crippen molar-refractivity contribution in [2.45, 2.75) is 31.1 Å². The molecule has 0 aliphatic carbocycles. The van der Waals surface area contributed by atoms with Crippen LogP contribution in [-0.2, 0) is 13.0 Å². The van der Waals surface area contributed by atoms with E-state index in [0.717, 1.165) is 42.6 Å². The van der Waals surface area contributed by atoms with Crippen LogP contribution in [0.5, 0.6) is 5.75 Å². The van der Waals surface area contributed by atoms with Gasteiger partial charge in [0.15, 0.2) is 0 Å². The summed E-state index contributed by atoms with van der Waals surface area (Å²) in [6, 6.07) is 24.5. The number of carboxylic acids is 1. The molecular formula is C29H31NO3S. The van der Waals surface area contributed by atoms with E-state index in [-0.39, 0.29) is 5.25 Å². The van der Waals surface area contributed by atoms with E-state index in [1.54, 1.807) is 12.1 Å². The summed E-state index contributed by atoms with van der Waals surface area (Å²) in [5.74, 6) is 1.67. The molecule has 3 aromatic carbocycles. The topological polar surface area (TPSA) is 49.8 Å². The first-order chi connectivity index (χ1) is 16.7. The Morgan fingerprint density at radius 3 is 2.53 bits per heavy atom. The SMILES string of the molecule is O=C(O)c1ccc2c(c1)[C@@H](SCCN1CCC(Cc3ccccc3)CC1)c1ccccc1CO2. The number of rotatable bonds is 7. The molecule has 4 nitrogen and oxygen atoms in total. The number of carbonyl (C=O) groups is 1. The van der Waals surface area contributed by atoms with Crippen LogP contribution >= 0.6 is 11.8 Å². The van der Waals surface area contributed by atoms with E-state index in [4.69, 9.17) is 4.74 Å². The molecule has 2 heterocycles. The first-order valence-electron chi connectivity index (χ1n) is 12.1. The Morgan fingerprint density at radius 2 is 1.74 bits per heavy atom. The molecule has 0 amide bonds. The van der Waals surface area contributed by atoms with Gasteiger partial charge in [-0.05, 0) is 73.2 Å². The molecule has 1 saturated heterocycles. The molecule has 1 N–H and O–H groups in total. The lowest BCUT2D eigenvalue weighted by Gasteiger charge is -2.32. The number of carboxylic acid groups (broad SMARTS) is 1. The van der Waals surface area contributed by atoms with Crippen LogP contribution in [0.2, 0.25) is 0 Å². The van der Waals surface area contributed by atoms with Crippen molar-refractivity contribution < 1.29 is 14.6 Å². The average molecular weight is 474 g/mol. The largest absolute Gasteiger partial charge is 0.489 e. The molecule has 2 aliphatic rings. The van der Waals surface area contributed by atoms with Gasteiger partial charge in [-0.15, -0.1) is 11.8 Å². The zero-order valence-corrected chi connectivity index (χ0v) is 20.2. The Bertz CT molecular complexity index is 1130. The fraction of sp³-hybridized carbons (Fsp3) is 0.345. The Kier molecular flexibility index (Phi) is 7.21. The Balaban J connectivity index is 1.23. The van der Waals surface area contributed by atoms with Gasteiger partial charge in [0.25, 0.3) is 0 Å². The number of benzene rings is 3. The fourth-order valence-corrected chi connectivity index (χ4v) is 6.48. The molecular weight excluding hydrogens is 442 g/mol. The number of hydrogen-bond donors (Lipinski definition) is 1. The fourth-order valence-electron chi connectivity index (χ4n) is 5.10. The van der Waals surface area contributed by atoms with Crippen LogP contribution in [-0.4, -0.2) is 41.4 Å². The van der Waals surface area contributed by atoms with Gasteiger partial charge in [0.1, 0.15) is 12.4 Å². The van der Waals surface area contributed by atoms with Crippen molar-refractivity contribution in [3.63, 3.8) is 0 Å². The number of piperidine rings is 1. The van der Waals surface area contributed by atoms with Crippen molar-refractivity contribution in [3.8, 4) is 5.75 Å².